The molecule has 0 spiro atoms. The average Bonchev–Trinajstić information content (AvgIpc) is 2.87. The first kappa shape index (κ1) is 8.96. The van der Waals surface area contributed by atoms with Gasteiger partial charge in [0.25, 0.3) is 0 Å². The number of H-pyrrole nitrogens is 1. The van der Waals surface area contributed by atoms with Crippen molar-refractivity contribution < 1.29 is 0 Å². The molecular weight excluding hydrogens is 202 g/mol. The van der Waals surface area contributed by atoms with E-state index in [0.29, 0.717) is 0 Å². The molecule has 3 heterocycles. The van der Waals surface area contributed by atoms with E-state index in [-0.39, 0.29) is 0 Å². The van der Waals surface area contributed by atoms with Crippen LogP contribution < -0.4 is 5.32 Å². The molecule has 0 unspecified atom stereocenters. The fourth-order valence-electron chi connectivity index (χ4n) is 1.63. The number of hydrogen-bond donors (Lipinski definition) is 2. The molecule has 2 N–H and O–H groups in total. The highest BCUT2D eigenvalue weighted by Gasteiger charge is 2.00. The molecule has 3 rings (SSSR count). The van der Waals surface area contributed by atoms with Crippen LogP contribution in [0.4, 0.5) is 11.5 Å². The van der Waals surface area contributed by atoms with E-state index in [1.165, 1.54) is 0 Å². The maximum Gasteiger partial charge on any atom is 0.139 e. The SMILES string of the molecule is Cn1cc(Nc2ccc3cc[nH]c3n2)cn1. The van der Waals surface area contributed by atoms with Gasteiger partial charge in [-0.3, -0.25) is 4.68 Å². The van der Waals surface area contributed by atoms with Gasteiger partial charge in [-0.05, 0) is 18.2 Å². The van der Waals surface area contributed by atoms with E-state index in [1.807, 2.05) is 37.6 Å². The summed E-state index contributed by atoms with van der Waals surface area (Å²) in [6.07, 6.45) is 5.55. The van der Waals surface area contributed by atoms with Crippen molar-refractivity contribution in [3.05, 3.63) is 36.8 Å². The molecule has 0 amide bonds. The maximum absolute atomic E-state index is 4.44. The monoisotopic (exact) mass is 213 g/mol. The van der Waals surface area contributed by atoms with Crippen LogP contribution in [-0.4, -0.2) is 19.7 Å². The van der Waals surface area contributed by atoms with Crippen LogP contribution in [0, 0.1) is 0 Å². The van der Waals surface area contributed by atoms with E-state index >= 15 is 0 Å². The van der Waals surface area contributed by atoms with E-state index < -0.39 is 0 Å². The van der Waals surface area contributed by atoms with Crippen LogP contribution in [0.2, 0.25) is 0 Å². The molecule has 0 fully saturated rings. The highest BCUT2D eigenvalue weighted by atomic mass is 15.3. The molecule has 0 aliphatic carbocycles. The molecule has 0 aliphatic heterocycles. The summed E-state index contributed by atoms with van der Waals surface area (Å²) in [7, 11) is 1.88. The normalized spacial score (nSPS) is 10.8. The van der Waals surface area contributed by atoms with Gasteiger partial charge in [-0.2, -0.15) is 5.10 Å². The fourth-order valence-corrected chi connectivity index (χ4v) is 1.63. The largest absolute Gasteiger partial charge is 0.346 e. The predicted molar refractivity (Wildman–Crippen MR) is 62.6 cm³/mol. The minimum Gasteiger partial charge on any atom is -0.346 e. The van der Waals surface area contributed by atoms with Gasteiger partial charge in [-0.15, -0.1) is 0 Å². The molecule has 0 bridgehead atoms. The van der Waals surface area contributed by atoms with Crippen molar-refractivity contribution in [2.75, 3.05) is 5.32 Å². The molecule has 80 valence electrons. The van der Waals surface area contributed by atoms with Gasteiger partial charge in [0.2, 0.25) is 0 Å². The Hall–Kier alpha value is -2.30. The Labute approximate surface area is 92.1 Å². The standard InChI is InChI=1S/C11H11N5/c1-16-7-9(6-13-16)14-10-3-2-8-4-5-12-11(8)15-10/h2-7H,1H3,(H2,12,14,15). The van der Waals surface area contributed by atoms with Gasteiger partial charge in [-0.1, -0.05) is 0 Å². The number of anilines is 2. The number of aryl methyl sites for hydroxylation is 1. The van der Waals surface area contributed by atoms with Gasteiger partial charge in [0.05, 0.1) is 11.9 Å². The van der Waals surface area contributed by atoms with Crippen LogP contribution in [0.25, 0.3) is 11.0 Å². The van der Waals surface area contributed by atoms with Crippen molar-refractivity contribution in [1.82, 2.24) is 19.7 Å². The molecular formula is C11H11N5. The third-order valence-electron chi connectivity index (χ3n) is 2.39. The lowest BCUT2D eigenvalue weighted by Crippen LogP contribution is -1.92. The number of aromatic nitrogens is 4. The topological polar surface area (TPSA) is 58.5 Å². The smallest absolute Gasteiger partial charge is 0.139 e. The minimum absolute atomic E-state index is 0.808. The Morgan fingerprint density at radius 1 is 1.31 bits per heavy atom. The Morgan fingerprint density at radius 3 is 3.06 bits per heavy atom. The molecule has 16 heavy (non-hydrogen) atoms. The predicted octanol–water partition coefficient (Wildman–Crippen LogP) is 2.04. The van der Waals surface area contributed by atoms with Crippen molar-refractivity contribution in [3.63, 3.8) is 0 Å². The van der Waals surface area contributed by atoms with Crippen LogP contribution in [0.5, 0.6) is 0 Å². The van der Waals surface area contributed by atoms with Gasteiger partial charge in [0.1, 0.15) is 11.5 Å². The molecule has 0 atom stereocenters. The molecule has 0 radical (unpaired) electrons. The molecule has 3 aromatic heterocycles. The van der Waals surface area contributed by atoms with Crippen molar-refractivity contribution in [2.24, 2.45) is 7.05 Å². The molecule has 0 saturated carbocycles. The number of fused-ring (bicyclic) bond motifs is 1. The summed E-state index contributed by atoms with van der Waals surface area (Å²) in [4.78, 5) is 7.52. The van der Waals surface area contributed by atoms with Gasteiger partial charge in [0, 0.05) is 24.8 Å². The first-order valence-corrected chi connectivity index (χ1v) is 5.01. The second-order valence-corrected chi connectivity index (χ2v) is 3.64. The summed E-state index contributed by atoms with van der Waals surface area (Å²) >= 11 is 0. The maximum atomic E-state index is 4.44. The highest BCUT2D eigenvalue weighted by Crippen LogP contribution is 2.17. The van der Waals surface area contributed by atoms with E-state index in [9.17, 15) is 0 Å². The van der Waals surface area contributed by atoms with Crippen LogP contribution in [-0.2, 0) is 7.05 Å². The highest BCUT2D eigenvalue weighted by molar-refractivity contribution is 5.77. The average molecular weight is 213 g/mol. The Kier molecular flexibility index (Phi) is 1.89. The zero-order chi connectivity index (χ0) is 11.0. The van der Waals surface area contributed by atoms with Crippen LogP contribution in [0.15, 0.2) is 36.8 Å². The summed E-state index contributed by atoms with van der Waals surface area (Å²) in [6, 6.07) is 5.97. The van der Waals surface area contributed by atoms with Crippen molar-refractivity contribution in [3.8, 4) is 0 Å². The van der Waals surface area contributed by atoms with Crippen molar-refractivity contribution in [1.29, 1.82) is 0 Å². The van der Waals surface area contributed by atoms with Crippen molar-refractivity contribution >= 4 is 22.5 Å². The van der Waals surface area contributed by atoms with Gasteiger partial charge >= 0.3 is 0 Å². The second-order valence-electron chi connectivity index (χ2n) is 3.64. The van der Waals surface area contributed by atoms with Gasteiger partial charge < -0.3 is 10.3 Å². The van der Waals surface area contributed by atoms with Crippen LogP contribution in [0.1, 0.15) is 0 Å². The summed E-state index contributed by atoms with van der Waals surface area (Å²) in [6.45, 7) is 0. The molecule has 0 aliphatic rings. The summed E-state index contributed by atoms with van der Waals surface area (Å²) in [5.74, 6) is 0.808. The summed E-state index contributed by atoms with van der Waals surface area (Å²) < 4.78 is 1.75. The lowest BCUT2D eigenvalue weighted by molar-refractivity contribution is 0.768. The fraction of sp³-hybridized carbons (Fsp3) is 0.0909. The zero-order valence-corrected chi connectivity index (χ0v) is 8.81. The Morgan fingerprint density at radius 2 is 2.25 bits per heavy atom. The third kappa shape index (κ3) is 1.52. The van der Waals surface area contributed by atoms with Crippen LogP contribution >= 0.6 is 0 Å². The lowest BCUT2D eigenvalue weighted by Gasteiger charge is -2.01. The minimum atomic E-state index is 0.808. The van der Waals surface area contributed by atoms with Gasteiger partial charge in [-0.25, -0.2) is 4.98 Å². The number of pyridine rings is 1. The van der Waals surface area contributed by atoms with E-state index in [4.69, 9.17) is 0 Å². The molecule has 5 heteroatoms. The van der Waals surface area contributed by atoms with Crippen LogP contribution in [0.3, 0.4) is 0 Å². The number of hydrogen-bond acceptors (Lipinski definition) is 3. The van der Waals surface area contributed by atoms with E-state index in [2.05, 4.69) is 20.4 Å². The number of nitrogens with one attached hydrogen (secondary N) is 2. The molecule has 3 aromatic rings. The molecule has 0 saturated heterocycles. The number of aromatic amines is 1. The first-order chi connectivity index (χ1) is 7.81. The summed E-state index contributed by atoms with van der Waals surface area (Å²) in [5, 5.41) is 8.38. The third-order valence-corrected chi connectivity index (χ3v) is 2.39. The first-order valence-electron chi connectivity index (χ1n) is 5.01. The molecule has 0 aromatic carbocycles. The number of nitrogens with zero attached hydrogens (tertiary/aromatic N) is 3. The quantitative estimate of drug-likeness (QED) is 0.684. The lowest BCUT2D eigenvalue weighted by atomic mass is 10.3. The Bertz CT molecular complexity index is 622. The van der Waals surface area contributed by atoms with E-state index in [1.54, 1.807) is 10.9 Å². The summed E-state index contributed by atoms with van der Waals surface area (Å²) in [5.41, 5.74) is 1.81. The molecule has 5 nitrogen and oxygen atoms in total. The van der Waals surface area contributed by atoms with Gasteiger partial charge in [0.15, 0.2) is 0 Å². The number of rotatable bonds is 2. The Balaban J connectivity index is 1.94. The van der Waals surface area contributed by atoms with Crippen molar-refractivity contribution in [2.45, 2.75) is 0 Å². The second kappa shape index (κ2) is 3.37. The zero-order valence-electron chi connectivity index (χ0n) is 8.81. The van der Waals surface area contributed by atoms with E-state index in [0.717, 1.165) is 22.5 Å².